The number of likely N-dealkylation sites (N-methyl/N-ethyl adjacent to an activating group) is 1. The van der Waals surface area contributed by atoms with E-state index in [0.717, 1.165) is 35.5 Å². The van der Waals surface area contributed by atoms with Gasteiger partial charge in [-0.25, -0.2) is 9.79 Å². The maximum Gasteiger partial charge on any atom is 0.342 e. The Bertz CT molecular complexity index is 894. The van der Waals surface area contributed by atoms with Crippen molar-refractivity contribution in [1.29, 1.82) is 0 Å². The molecule has 0 atom stereocenters. The number of aromatic hydroxyl groups is 1. The second-order valence-corrected chi connectivity index (χ2v) is 9.08. The summed E-state index contributed by atoms with van der Waals surface area (Å²) in [5, 5.41) is 10.8. The van der Waals surface area contributed by atoms with Crippen LogP contribution in [0.15, 0.2) is 23.2 Å². The SMILES string of the molecule is Cc1ccc(/C=N/c2sc3c(c2C(=O)OC(C)(C)C)CCN(C)C3)c(O)c1. The fourth-order valence-corrected chi connectivity index (χ4v) is 4.30. The molecular formula is C21H26N2O3S. The average Bonchev–Trinajstić information content (AvgIpc) is 2.89. The van der Waals surface area contributed by atoms with Crippen molar-refractivity contribution < 1.29 is 14.6 Å². The van der Waals surface area contributed by atoms with Gasteiger partial charge in [-0.3, -0.25) is 0 Å². The second-order valence-electron chi connectivity index (χ2n) is 7.99. The van der Waals surface area contributed by atoms with Gasteiger partial charge in [0.05, 0.1) is 5.56 Å². The topological polar surface area (TPSA) is 62.1 Å². The predicted octanol–water partition coefficient (Wildman–Crippen LogP) is 4.46. The number of hydrogen-bond donors (Lipinski definition) is 1. The largest absolute Gasteiger partial charge is 0.507 e. The van der Waals surface area contributed by atoms with Gasteiger partial charge < -0.3 is 14.7 Å². The number of aliphatic imine (C=N–C) groups is 1. The molecular weight excluding hydrogens is 360 g/mol. The molecule has 144 valence electrons. The van der Waals surface area contributed by atoms with Crippen molar-refractivity contribution in [2.45, 2.75) is 46.3 Å². The van der Waals surface area contributed by atoms with Gasteiger partial charge >= 0.3 is 5.97 Å². The van der Waals surface area contributed by atoms with Crippen molar-refractivity contribution in [2.24, 2.45) is 4.99 Å². The highest BCUT2D eigenvalue weighted by Crippen LogP contribution is 2.39. The number of esters is 1. The van der Waals surface area contributed by atoms with E-state index in [1.54, 1.807) is 12.3 Å². The molecule has 5 nitrogen and oxygen atoms in total. The van der Waals surface area contributed by atoms with Crippen molar-refractivity contribution in [1.82, 2.24) is 4.90 Å². The minimum Gasteiger partial charge on any atom is -0.507 e. The standard InChI is InChI=1S/C21H26N2O3S/c1-13-6-7-14(16(24)10-13)11-22-19-18(20(25)26-21(2,3)4)15-8-9-23(5)12-17(15)27-19/h6-7,10-11,24H,8-9,12H2,1-5H3/b22-11+. The molecule has 0 amide bonds. The molecule has 6 heteroatoms. The Balaban J connectivity index is 2.01. The van der Waals surface area contributed by atoms with Crippen LogP contribution in [0.4, 0.5) is 5.00 Å². The molecule has 1 aromatic heterocycles. The summed E-state index contributed by atoms with van der Waals surface area (Å²) in [4.78, 5) is 20.8. The number of aryl methyl sites for hydroxylation is 1. The molecule has 0 radical (unpaired) electrons. The number of rotatable bonds is 3. The molecule has 27 heavy (non-hydrogen) atoms. The summed E-state index contributed by atoms with van der Waals surface area (Å²) < 4.78 is 5.64. The van der Waals surface area contributed by atoms with Gasteiger partial charge in [-0.15, -0.1) is 11.3 Å². The summed E-state index contributed by atoms with van der Waals surface area (Å²) in [6.07, 6.45) is 2.42. The molecule has 1 aromatic carbocycles. The van der Waals surface area contributed by atoms with Crippen LogP contribution in [0.1, 0.15) is 52.7 Å². The molecule has 0 bridgehead atoms. The summed E-state index contributed by atoms with van der Waals surface area (Å²) in [6, 6.07) is 5.44. The monoisotopic (exact) mass is 386 g/mol. The Morgan fingerprint density at radius 1 is 1.37 bits per heavy atom. The van der Waals surface area contributed by atoms with E-state index in [1.807, 2.05) is 39.8 Å². The zero-order chi connectivity index (χ0) is 19.8. The molecule has 0 fully saturated rings. The summed E-state index contributed by atoms with van der Waals surface area (Å²) in [7, 11) is 2.07. The van der Waals surface area contributed by atoms with Crippen LogP contribution in [0, 0.1) is 6.92 Å². The van der Waals surface area contributed by atoms with E-state index in [2.05, 4.69) is 16.9 Å². The summed E-state index contributed by atoms with van der Waals surface area (Å²) in [6.45, 7) is 9.23. The second kappa shape index (κ2) is 7.44. The van der Waals surface area contributed by atoms with Gasteiger partial charge in [0.1, 0.15) is 16.4 Å². The molecule has 1 N–H and O–H groups in total. The van der Waals surface area contributed by atoms with Crippen LogP contribution < -0.4 is 0 Å². The van der Waals surface area contributed by atoms with Gasteiger partial charge in [0, 0.05) is 29.7 Å². The molecule has 0 unspecified atom stereocenters. The van der Waals surface area contributed by atoms with Crippen molar-refractivity contribution >= 4 is 28.5 Å². The lowest BCUT2D eigenvalue weighted by Crippen LogP contribution is -2.28. The number of thiophene rings is 1. The third kappa shape index (κ3) is 4.57. The first kappa shape index (κ1) is 19.6. The maximum atomic E-state index is 12.9. The van der Waals surface area contributed by atoms with Crippen molar-refractivity contribution in [3.63, 3.8) is 0 Å². The zero-order valence-electron chi connectivity index (χ0n) is 16.5. The molecule has 0 saturated heterocycles. The van der Waals surface area contributed by atoms with E-state index in [4.69, 9.17) is 4.74 Å². The fraction of sp³-hybridized carbons (Fsp3) is 0.429. The first-order valence-corrected chi connectivity index (χ1v) is 9.86. The molecule has 0 saturated carbocycles. The Morgan fingerprint density at radius 2 is 2.11 bits per heavy atom. The fourth-order valence-electron chi connectivity index (χ4n) is 3.04. The highest BCUT2D eigenvalue weighted by atomic mass is 32.1. The Morgan fingerprint density at radius 3 is 2.78 bits per heavy atom. The Labute approximate surface area is 164 Å². The number of phenols is 1. The lowest BCUT2D eigenvalue weighted by molar-refractivity contribution is 0.00694. The van der Waals surface area contributed by atoms with E-state index in [9.17, 15) is 9.90 Å². The summed E-state index contributed by atoms with van der Waals surface area (Å²) >= 11 is 1.53. The van der Waals surface area contributed by atoms with Crippen LogP contribution in [0.2, 0.25) is 0 Å². The van der Waals surface area contributed by atoms with Gasteiger partial charge in [-0.1, -0.05) is 6.07 Å². The number of phenolic OH excluding ortho intramolecular Hbond substituents is 1. The minimum atomic E-state index is -0.562. The van der Waals surface area contributed by atoms with Crippen LogP contribution in [-0.4, -0.2) is 41.4 Å². The Kier molecular flexibility index (Phi) is 5.40. The molecule has 1 aliphatic heterocycles. The number of ether oxygens (including phenoxy) is 1. The van der Waals surface area contributed by atoms with E-state index in [-0.39, 0.29) is 11.7 Å². The van der Waals surface area contributed by atoms with Crippen LogP contribution in [0.3, 0.4) is 0 Å². The zero-order valence-corrected chi connectivity index (χ0v) is 17.3. The third-order valence-corrected chi connectivity index (χ3v) is 5.46. The van der Waals surface area contributed by atoms with E-state index >= 15 is 0 Å². The van der Waals surface area contributed by atoms with Crippen LogP contribution in [0.25, 0.3) is 0 Å². The lowest BCUT2D eigenvalue weighted by Gasteiger charge is -2.23. The highest BCUT2D eigenvalue weighted by Gasteiger charge is 2.29. The smallest absolute Gasteiger partial charge is 0.342 e. The van der Waals surface area contributed by atoms with Crippen molar-refractivity contribution in [3.05, 3.63) is 45.3 Å². The molecule has 1 aliphatic rings. The highest BCUT2D eigenvalue weighted by molar-refractivity contribution is 7.16. The van der Waals surface area contributed by atoms with Gasteiger partial charge in [0.25, 0.3) is 0 Å². The van der Waals surface area contributed by atoms with Crippen molar-refractivity contribution in [2.75, 3.05) is 13.6 Å². The molecule has 0 spiro atoms. The molecule has 3 rings (SSSR count). The Hall–Kier alpha value is -2.18. The minimum absolute atomic E-state index is 0.179. The normalized spacial score (nSPS) is 15.1. The first-order chi connectivity index (χ1) is 12.6. The molecule has 2 aromatic rings. The third-order valence-electron chi connectivity index (χ3n) is 4.34. The van der Waals surface area contributed by atoms with Gasteiger partial charge in [0.15, 0.2) is 0 Å². The quantitative estimate of drug-likeness (QED) is 0.625. The van der Waals surface area contributed by atoms with Gasteiger partial charge in [0.2, 0.25) is 0 Å². The van der Waals surface area contributed by atoms with E-state index in [0.29, 0.717) is 16.1 Å². The molecule has 2 heterocycles. The average molecular weight is 387 g/mol. The van der Waals surface area contributed by atoms with Gasteiger partial charge in [-0.05, 0) is 64.4 Å². The van der Waals surface area contributed by atoms with Gasteiger partial charge in [-0.2, -0.15) is 0 Å². The number of fused-ring (bicyclic) bond motifs is 1. The van der Waals surface area contributed by atoms with Crippen LogP contribution in [0.5, 0.6) is 5.75 Å². The summed E-state index contributed by atoms with van der Waals surface area (Å²) in [5.74, 6) is -0.150. The van der Waals surface area contributed by atoms with Crippen molar-refractivity contribution in [3.8, 4) is 5.75 Å². The summed E-state index contributed by atoms with van der Waals surface area (Å²) in [5.41, 5.74) is 2.66. The number of carbonyl (C=O) groups excluding carboxylic acids is 1. The number of carbonyl (C=O) groups is 1. The first-order valence-electron chi connectivity index (χ1n) is 9.04. The number of hydrogen-bond acceptors (Lipinski definition) is 6. The van der Waals surface area contributed by atoms with Crippen LogP contribution in [-0.2, 0) is 17.7 Å². The number of nitrogens with zero attached hydrogens (tertiary/aromatic N) is 2. The van der Waals surface area contributed by atoms with E-state index in [1.165, 1.54) is 11.3 Å². The van der Waals surface area contributed by atoms with Crippen LogP contribution >= 0.6 is 11.3 Å². The molecule has 0 aliphatic carbocycles. The maximum absolute atomic E-state index is 12.9. The number of benzene rings is 1. The lowest BCUT2D eigenvalue weighted by atomic mass is 10.0. The predicted molar refractivity (Wildman–Crippen MR) is 110 cm³/mol. The van der Waals surface area contributed by atoms with E-state index < -0.39 is 5.60 Å².